The molecule has 0 saturated carbocycles. The van der Waals surface area contributed by atoms with E-state index >= 15 is 0 Å². The number of ether oxygens (including phenoxy) is 2. The maximum Gasteiger partial charge on any atom is 0.417 e. The molecular weight excluding hydrogens is 242 g/mol. The number of amides is 2. The van der Waals surface area contributed by atoms with Crippen LogP contribution in [0.4, 0.5) is 4.79 Å². The van der Waals surface area contributed by atoms with Gasteiger partial charge in [-0.15, -0.1) is 4.91 Å². The van der Waals surface area contributed by atoms with Crippen LogP contribution in [0.2, 0.25) is 0 Å². The summed E-state index contributed by atoms with van der Waals surface area (Å²) < 4.78 is 9.45. The molecule has 2 amide bonds. The van der Waals surface area contributed by atoms with Gasteiger partial charge < -0.3 is 15.2 Å². The molecule has 0 aliphatic heterocycles. The molecule has 0 spiro atoms. The highest BCUT2D eigenvalue weighted by Crippen LogP contribution is 2.11. The fourth-order valence-corrected chi connectivity index (χ4v) is 0.882. The number of likely N-dealkylation sites (N-methyl/N-ethyl adjacent to an activating group) is 1. The summed E-state index contributed by atoms with van der Waals surface area (Å²) in [6.45, 7) is 4.95. The van der Waals surface area contributed by atoms with Gasteiger partial charge in [-0.3, -0.25) is 4.79 Å². The SMILES string of the molecule is CO/C(N=O)=C(/N)C(=O)N(C)C(=O)OC(C)(C)C. The molecule has 0 atom stereocenters. The highest BCUT2D eigenvalue weighted by molar-refractivity contribution is 6.01. The van der Waals surface area contributed by atoms with Crippen LogP contribution in [-0.2, 0) is 14.3 Å². The van der Waals surface area contributed by atoms with Gasteiger partial charge in [-0.05, 0) is 20.8 Å². The van der Waals surface area contributed by atoms with Gasteiger partial charge in [0.2, 0.25) is 0 Å². The van der Waals surface area contributed by atoms with Crippen molar-refractivity contribution in [2.24, 2.45) is 10.9 Å². The van der Waals surface area contributed by atoms with Crippen LogP contribution in [-0.4, -0.2) is 36.7 Å². The standard InChI is InChI=1S/C10H17N3O5/c1-10(2,3)18-9(15)13(4)8(14)6(11)7(12-16)17-5/h11H2,1-5H3/b7-6+. The lowest BCUT2D eigenvalue weighted by atomic mass is 10.2. The predicted octanol–water partition coefficient (Wildman–Crippen LogP) is 0.920. The highest BCUT2D eigenvalue weighted by Gasteiger charge is 2.27. The van der Waals surface area contributed by atoms with Crippen LogP contribution in [0.15, 0.2) is 16.8 Å². The molecule has 0 heterocycles. The first kappa shape index (κ1) is 15.9. The maximum atomic E-state index is 11.7. The number of rotatable bonds is 3. The van der Waals surface area contributed by atoms with E-state index < -0.39 is 29.2 Å². The van der Waals surface area contributed by atoms with Crippen LogP contribution < -0.4 is 5.73 Å². The number of carbonyl (C=O) groups excluding carboxylic acids is 2. The Balaban J connectivity index is 4.96. The van der Waals surface area contributed by atoms with E-state index in [4.69, 9.17) is 10.5 Å². The first-order chi connectivity index (χ1) is 8.14. The van der Waals surface area contributed by atoms with Gasteiger partial charge in [-0.1, -0.05) is 0 Å². The topological polar surface area (TPSA) is 111 Å². The summed E-state index contributed by atoms with van der Waals surface area (Å²) >= 11 is 0. The Kier molecular flexibility index (Phi) is 5.28. The smallest absolute Gasteiger partial charge is 0.417 e. The molecule has 2 N–H and O–H groups in total. The van der Waals surface area contributed by atoms with Crippen molar-refractivity contribution in [3.05, 3.63) is 16.5 Å². The normalized spacial score (nSPS) is 12.3. The second-order valence-corrected chi connectivity index (χ2v) is 4.36. The molecule has 8 heteroatoms. The molecule has 0 aromatic rings. The summed E-state index contributed by atoms with van der Waals surface area (Å²) in [5.74, 6) is -1.52. The Morgan fingerprint density at radius 1 is 1.28 bits per heavy atom. The van der Waals surface area contributed by atoms with Gasteiger partial charge in [0.1, 0.15) is 5.60 Å². The predicted molar refractivity (Wildman–Crippen MR) is 63.0 cm³/mol. The van der Waals surface area contributed by atoms with Gasteiger partial charge in [0, 0.05) is 12.2 Å². The largest absolute Gasteiger partial charge is 0.477 e. The molecule has 0 bridgehead atoms. The summed E-state index contributed by atoms with van der Waals surface area (Å²) in [7, 11) is 2.30. The van der Waals surface area contributed by atoms with Gasteiger partial charge in [-0.2, -0.15) is 0 Å². The number of nitrogens with zero attached hydrogens (tertiary/aromatic N) is 2. The molecule has 0 aromatic heterocycles. The molecule has 0 unspecified atom stereocenters. The Morgan fingerprint density at radius 2 is 1.78 bits per heavy atom. The summed E-state index contributed by atoms with van der Waals surface area (Å²) in [6.07, 6.45) is -0.892. The molecule has 0 saturated heterocycles. The monoisotopic (exact) mass is 259 g/mol. The van der Waals surface area contributed by atoms with Crippen molar-refractivity contribution in [3.8, 4) is 0 Å². The van der Waals surface area contributed by atoms with E-state index in [2.05, 4.69) is 9.91 Å². The van der Waals surface area contributed by atoms with Crippen LogP contribution in [0, 0.1) is 4.91 Å². The lowest BCUT2D eigenvalue weighted by molar-refractivity contribution is -0.125. The zero-order valence-corrected chi connectivity index (χ0v) is 11.0. The minimum atomic E-state index is -0.930. The third kappa shape index (κ3) is 4.40. The summed E-state index contributed by atoms with van der Waals surface area (Å²) in [6, 6.07) is 0. The van der Waals surface area contributed by atoms with Crippen molar-refractivity contribution in [2.45, 2.75) is 26.4 Å². The zero-order valence-electron chi connectivity index (χ0n) is 11.0. The molecule has 8 nitrogen and oxygen atoms in total. The summed E-state index contributed by atoms with van der Waals surface area (Å²) in [5.41, 5.74) is 4.03. The van der Waals surface area contributed by atoms with Crippen molar-refractivity contribution in [1.29, 1.82) is 0 Å². The van der Waals surface area contributed by atoms with Crippen molar-refractivity contribution >= 4 is 12.0 Å². The van der Waals surface area contributed by atoms with Crippen LogP contribution in [0.1, 0.15) is 20.8 Å². The zero-order chi connectivity index (χ0) is 14.5. The first-order valence-corrected chi connectivity index (χ1v) is 5.02. The average molecular weight is 259 g/mol. The molecule has 0 aliphatic carbocycles. The van der Waals surface area contributed by atoms with E-state index in [1.807, 2.05) is 0 Å². The van der Waals surface area contributed by atoms with Gasteiger partial charge in [0.05, 0.1) is 7.11 Å². The number of imide groups is 1. The maximum absolute atomic E-state index is 11.7. The number of carbonyl (C=O) groups is 2. The second kappa shape index (κ2) is 5.99. The molecular formula is C10H17N3O5. The lowest BCUT2D eigenvalue weighted by Crippen LogP contribution is -2.40. The second-order valence-electron chi connectivity index (χ2n) is 4.36. The minimum absolute atomic E-state index is 0.569. The quantitative estimate of drug-likeness (QED) is 0.458. The summed E-state index contributed by atoms with van der Waals surface area (Å²) in [5, 5.41) is 2.43. The first-order valence-electron chi connectivity index (χ1n) is 5.02. The minimum Gasteiger partial charge on any atom is -0.477 e. The fraction of sp³-hybridized carbons (Fsp3) is 0.600. The highest BCUT2D eigenvalue weighted by atomic mass is 16.6. The molecule has 0 fully saturated rings. The lowest BCUT2D eigenvalue weighted by Gasteiger charge is -2.23. The number of hydrogen-bond acceptors (Lipinski definition) is 7. The van der Waals surface area contributed by atoms with Crippen molar-refractivity contribution < 1.29 is 19.1 Å². The number of nitroso groups, excluding NO2 is 1. The van der Waals surface area contributed by atoms with Crippen molar-refractivity contribution in [2.75, 3.05) is 14.2 Å². The molecule has 18 heavy (non-hydrogen) atoms. The van der Waals surface area contributed by atoms with Gasteiger partial charge in [0.25, 0.3) is 11.8 Å². The third-order valence-electron chi connectivity index (χ3n) is 1.71. The Morgan fingerprint density at radius 3 is 2.11 bits per heavy atom. The summed E-state index contributed by atoms with van der Waals surface area (Å²) in [4.78, 5) is 34.2. The van der Waals surface area contributed by atoms with Crippen molar-refractivity contribution in [3.63, 3.8) is 0 Å². The van der Waals surface area contributed by atoms with Gasteiger partial charge in [0.15, 0.2) is 5.70 Å². The molecule has 102 valence electrons. The molecule has 0 rings (SSSR count). The van der Waals surface area contributed by atoms with E-state index in [0.29, 0.717) is 4.90 Å². The number of methoxy groups -OCH3 is 1. The van der Waals surface area contributed by atoms with Gasteiger partial charge >= 0.3 is 6.09 Å². The van der Waals surface area contributed by atoms with E-state index in [0.717, 1.165) is 7.11 Å². The van der Waals surface area contributed by atoms with Crippen LogP contribution >= 0.6 is 0 Å². The average Bonchev–Trinajstić information content (AvgIpc) is 2.26. The van der Waals surface area contributed by atoms with Crippen LogP contribution in [0.3, 0.4) is 0 Å². The fourth-order valence-electron chi connectivity index (χ4n) is 0.882. The number of hydrogen-bond donors (Lipinski definition) is 1. The molecule has 0 radical (unpaired) electrons. The van der Waals surface area contributed by atoms with E-state index in [9.17, 15) is 14.5 Å². The van der Waals surface area contributed by atoms with Crippen LogP contribution in [0.5, 0.6) is 0 Å². The Bertz CT molecular complexity index is 383. The Hall–Kier alpha value is -2.12. The van der Waals surface area contributed by atoms with Gasteiger partial charge in [-0.25, -0.2) is 9.69 Å². The molecule has 0 aromatic carbocycles. The van der Waals surface area contributed by atoms with E-state index in [-0.39, 0.29) is 0 Å². The van der Waals surface area contributed by atoms with E-state index in [1.165, 1.54) is 7.05 Å². The molecule has 0 aliphatic rings. The number of nitrogens with two attached hydrogens (primary N) is 1. The van der Waals surface area contributed by atoms with E-state index in [1.54, 1.807) is 20.8 Å². The third-order valence-corrected chi connectivity index (χ3v) is 1.71. The Labute approximate surface area is 105 Å². The van der Waals surface area contributed by atoms with Crippen molar-refractivity contribution in [1.82, 2.24) is 4.90 Å². The van der Waals surface area contributed by atoms with Crippen LogP contribution in [0.25, 0.3) is 0 Å².